The predicted molar refractivity (Wildman–Crippen MR) is 60.3 cm³/mol. The fourth-order valence-electron chi connectivity index (χ4n) is 1.46. The Morgan fingerprint density at radius 2 is 2.18 bits per heavy atom. The van der Waals surface area contributed by atoms with E-state index < -0.39 is 18.0 Å². The standard InChI is InChI=1S/C11H14F2O3S/c1-4-16-10(15)11(12,13)9(14)8-5-6(2)17-7(8)3/h5,9,14H,4H2,1-3H3. The Balaban J connectivity index is 2.99. The number of hydrogen-bond acceptors (Lipinski definition) is 4. The van der Waals surface area contributed by atoms with E-state index in [1.54, 1.807) is 13.8 Å². The van der Waals surface area contributed by atoms with Crippen LogP contribution in [0.5, 0.6) is 0 Å². The predicted octanol–water partition coefficient (Wildman–Crippen LogP) is 2.60. The molecule has 0 aliphatic rings. The van der Waals surface area contributed by atoms with Crippen molar-refractivity contribution >= 4 is 17.3 Å². The van der Waals surface area contributed by atoms with E-state index in [0.29, 0.717) is 4.88 Å². The average Bonchev–Trinajstić information content (AvgIpc) is 2.56. The lowest BCUT2D eigenvalue weighted by molar-refractivity contribution is -0.189. The minimum absolute atomic E-state index is 0.0746. The number of hydrogen-bond donors (Lipinski definition) is 1. The number of aryl methyl sites for hydroxylation is 2. The molecule has 0 bridgehead atoms. The second-order valence-corrected chi connectivity index (χ2v) is 5.07. The molecule has 0 aliphatic carbocycles. The van der Waals surface area contributed by atoms with Crippen LogP contribution in [0.25, 0.3) is 0 Å². The summed E-state index contributed by atoms with van der Waals surface area (Å²) in [6.07, 6.45) is -2.16. The molecule has 0 spiro atoms. The summed E-state index contributed by atoms with van der Waals surface area (Å²) in [4.78, 5) is 12.4. The summed E-state index contributed by atoms with van der Waals surface area (Å²) in [5.74, 6) is -5.62. The highest BCUT2D eigenvalue weighted by Crippen LogP contribution is 2.37. The lowest BCUT2D eigenvalue weighted by atomic mass is 10.0. The number of rotatable bonds is 4. The van der Waals surface area contributed by atoms with Gasteiger partial charge in [-0.15, -0.1) is 11.3 Å². The van der Waals surface area contributed by atoms with Crippen LogP contribution in [-0.2, 0) is 9.53 Å². The molecule has 17 heavy (non-hydrogen) atoms. The summed E-state index contributed by atoms with van der Waals surface area (Å²) in [6.45, 7) is 4.65. The molecule has 1 unspecified atom stereocenters. The van der Waals surface area contributed by atoms with Crippen LogP contribution >= 0.6 is 11.3 Å². The lowest BCUT2D eigenvalue weighted by Gasteiger charge is -2.20. The van der Waals surface area contributed by atoms with Crippen molar-refractivity contribution in [1.29, 1.82) is 0 Å². The van der Waals surface area contributed by atoms with Gasteiger partial charge in [0.05, 0.1) is 6.61 Å². The van der Waals surface area contributed by atoms with Gasteiger partial charge in [-0.1, -0.05) is 0 Å². The van der Waals surface area contributed by atoms with Crippen molar-refractivity contribution in [3.63, 3.8) is 0 Å². The second-order valence-electron chi connectivity index (χ2n) is 3.61. The first-order valence-corrected chi connectivity index (χ1v) is 5.92. The van der Waals surface area contributed by atoms with Crippen LogP contribution in [0.3, 0.4) is 0 Å². The first-order valence-electron chi connectivity index (χ1n) is 5.10. The van der Waals surface area contributed by atoms with Crippen LogP contribution in [-0.4, -0.2) is 23.6 Å². The van der Waals surface area contributed by atoms with Gasteiger partial charge in [-0.2, -0.15) is 8.78 Å². The van der Waals surface area contributed by atoms with E-state index in [4.69, 9.17) is 0 Å². The van der Waals surface area contributed by atoms with Gasteiger partial charge in [0.1, 0.15) is 0 Å². The third-order valence-electron chi connectivity index (χ3n) is 2.26. The molecule has 0 aliphatic heterocycles. The third-order valence-corrected chi connectivity index (χ3v) is 3.25. The molecule has 1 atom stereocenters. The van der Waals surface area contributed by atoms with Crippen molar-refractivity contribution in [3.05, 3.63) is 21.4 Å². The Morgan fingerprint density at radius 3 is 2.59 bits per heavy atom. The van der Waals surface area contributed by atoms with Gasteiger partial charge in [0.15, 0.2) is 6.10 Å². The molecule has 6 heteroatoms. The third kappa shape index (κ3) is 2.81. The monoisotopic (exact) mass is 264 g/mol. The zero-order chi connectivity index (χ0) is 13.2. The SMILES string of the molecule is CCOC(=O)C(F)(F)C(O)c1cc(C)sc1C. The first kappa shape index (κ1) is 14.1. The van der Waals surface area contributed by atoms with Gasteiger partial charge in [0.2, 0.25) is 0 Å². The summed E-state index contributed by atoms with van der Waals surface area (Å²) in [7, 11) is 0. The van der Waals surface area contributed by atoms with Gasteiger partial charge in [-0.25, -0.2) is 4.79 Å². The molecule has 0 radical (unpaired) electrons. The Labute approximate surface area is 102 Å². The molecule has 0 aromatic carbocycles. The van der Waals surface area contributed by atoms with Crippen LogP contribution in [0.1, 0.15) is 28.3 Å². The van der Waals surface area contributed by atoms with E-state index >= 15 is 0 Å². The smallest absolute Gasteiger partial charge is 0.380 e. The van der Waals surface area contributed by atoms with Gasteiger partial charge in [0.25, 0.3) is 0 Å². The Morgan fingerprint density at radius 1 is 1.59 bits per heavy atom. The van der Waals surface area contributed by atoms with Crippen molar-refractivity contribution < 1.29 is 23.4 Å². The molecule has 3 nitrogen and oxygen atoms in total. The minimum Gasteiger partial charge on any atom is -0.461 e. The lowest BCUT2D eigenvalue weighted by Crippen LogP contribution is -2.37. The number of alkyl halides is 2. The Bertz CT molecular complexity index is 415. The average molecular weight is 264 g/mol. The number of ether oxygens (including phenoxy) is 1. The number of carbonyl (C=O) groups excluding carboxylic acids is 1. The van der Waals surface area contributed by atoms with E-state index in [-0.39, 0.29) is 12.2 Å². The van der Waals surface area contributed by atoms with Gasteiger partial charge in [-0.3, -0.25) is 0 Å². The van der Waals surface area contributed by atoms with Crippen LogP contribution in [0.15, 0.2) is 6.07 Å². The van der Waals surface area contributed by atoms with E-state index in [1.807, 2.05) is 0 Å². The molecule has 1 aromatic rings. The summed E-state index contributed by atoms with van der Waals surface area (Å²) in [5, 5.41) is 9.60. The Hall–Kier alpha value is -1.01. The van der Waals surface area contributed by atoms with Crippen molar-refractivity contribution in [2.75, 3.05) is 6.61 Å². The van der Waals surface area contributed by atoms with Crippen LogP contribution < -0.4 is 0 Å². The van der Waals surface area contributed by atoms with Crippen LogP contribution in [0.2, 0.25) is 0 Å². The quantitative estimate of drug-likeness (QED) is 0.850. The van der Waals surface area contributed by atoms with E-state index in [9.17, 15) is 18.7 Å². The maximum atomic E-state index is 13.6. The minimum atomic E-state index is -3.92. The largest absolute Gasteiger partial charge is 0.461 e. The summed E-state index contributed by atoms with van der Waals surface area (Å²) in [6, 6.07) is 1.46. The fraction of sp³-hybridized carbons (Fsp3) is 0.545. The van der Waals surface area contributed by atoms with Crippen molar-refractivity contribution in [1.82, 2.24) is 0 Å². The molecular formula is C11H14F2O3S. The molecule has 1 rings (SSSR count). The van der Waals surface area contributed by atoms with Crippen molar-refractivity contribution in [2.45, 2.75) is 32.8 Å². The number of aliphatic hydroxyl groups excluding tert-OH is 1. The van der Waals surface area contributed by atoms with Crippen molar-refractivity contribution in [3.8, 4) is 0 Å². The van der Waals surface area contributed by atoms with Gasteiger partial charge < -0.3 is 9.84 Å². The van der Waals surface area contributed by atoms with Crippen LogP contribution in [0, 0.1) is 13.8 Å². The topological polar surface area (TPSA) is 46.5 Å². The molecule has 0 fully saturated rings. The maximum Gasteiger partial charge on any atom is 0.380 e. The van der Waals surface area contributed by atoms with Crippen molar-refractivity contribution in [2.24, 2.45) is 0 Å². The zero-order valence-corrected chi connectivity index (χ0v) is 10.6. The molecule has 0 amide bonds. The van der Waals surface area contributed by atoms with Gasteiger partial charge in [0, 0.05) is 15.3 Å². The molecule has 0 saturated heterocycles. The van der Waals surface area contributed by atoms with E-state index in [0.717, 1.165) is 4.88 Å². The van der Waals surface area contributed by atoms with E-state index in [1.165, 1.54) is 24.3 Å². The van der Waals surface area contributed by atoms with Gasteiger partial charge >= 0.3 is 11.9 Å². The highest BCUT2D eigenvalue weighted by atomic mass is 32.1. The number of thiophene rings is 1. The van der Waals surface area contributed by atoms with Crippen LogP contribution in [0.4, 0.5) is 8.78 Å². The normalized spacial score (nSPS) is 13.5. The summed E-state index contributed by atoms with van der Waals surface area (Å²) in [5.41, 5.74) is 0.0746. The molecule has 1 heterocycles. The molecule has 1 N–H and O–H groups in total. The number of halogens is 2. The first-order chi connectivity index (χ1) is 7.80. The molecule has 96 valence electrons. The summed E-state index contributed by atoms with van der Waals surface area (Å²) < 4.78 is 31.4. The summed E-state index contributed by atoms with van der Waals surface area (Å²) >= 11 is 1.29. The number of esters is 1. The van der Waals surface area contributed by atoms with E-state index in [2.05, 4.69) is 4.74 Å². The molecule has 1 aromatic heterocycles. The number of carbonyl (C=O) groups is 1. The molecular weight excluding hydrogens is 250 g/mol. The second kappa shape index (κ2) is 5.10. The maximum absolute atomic E-state index is 13.6. The highest BCUT2D eigenvalue weighted by molar-refractivity contribution is 7.12. The van der Waals surface area contributed by atoms with Gasteiger partial charge in [-0.05, 0) is 26.8 Å². The fourth-order valence-corrected chi connectivity index (χ4v) is 2.41. The molecule has 0 saturated carbocycles. The number of aliphatic hydroxyl groups is 1. The highest BCUT2D eigenvalue weighted by Gasteiger charge is 2.49. The Kier molecular flexibility index (Phi) is 4.21. The zero-order valence-electron chi connectivity index (χ0n) is 9.79.